The maximum Gasteiger partial charge on any atom is 0.287 e. The Hall–Kier alpha value is -4.07. The Balaban J connectivity index is 1.37. The fraction of sp³-hybridized carbons (Fsp3) is 0.269. The van der Waals surface area contributed by atoms with Crippen LogP contribution in [0.5, 0.6) is 11.5 Å². The maximum atomic E-state index is 12.5. The number of ether oxygens (including phenoxy) is 2. The average Bonchev–Trinajstić information content (AvgIpc) is 3.17. The highest BCUT2D eigenvalue weighted by atomic mass is 16.5. The van der Waals surface area contributed by atoms with Crippen LogP contribution in [0.2, 0.25) is 0 Å². The first-order chi connectivity index (χ1) is 16.3. The third kappa shape index (κ3) is 5.46. The lowest BCUT2D eigenvalue weighted by Crippen LogP contribution is -2.20. The number of fused-ring (bicyclic) bond motifs is 1. The van der Waals surface area contributed by atoms with Crippen LogP contribution in [0.15, 0.2) is 63.9 Å². The molecule has 0 aliphatic heterocycles. The van der Waals surface area contributed by atoms with Crippen molar-refractivity contribution >= 4 is 17.2 Å². The summed E-state index contributed by atoms with van der Waals surface area (Å²) in [6, 6.07) is 16.1. The normalized spacial score (nSPS) is 11.1. The molecule has 8 heteroatoms. The van der Waals surface area contributed by atoms with Crippen LogP contribution in [-0.4, -0.2) is 22.1 Å². The standard InChI is InChI=1S/C26H27N3O5/c1-16(2)22-9-8-17(3)10-23(22)33-15-25(30)28-19-6-5-7-21(12-19)32-14-20-13-26(31)29-24(27-20)11-18(4)34-29/h5-13,16H,14-15H2,1-4H3,(H,28,30). The first kappa shape index (κ1) is 23.1. The second-order valence-electron chi connectivity index (χ2n) is 8.43. The summed E-state index contributed by atoms with van der Waals surface area (Å²) in [5.41, 5.74) is 3.31. The smallest absolute Gasteiger partial charge is 0.287 e. The van der Waals surface area contributed by atoms with Crippen LogP contribution in [0.1, 0.15) is 42.3 Å². The summed E-state index contributed by atoms with van der Waals surface area (Å²) >= 11 is 0. The molecule has 2 heterocycles. The molecule has 0 atom stereocenters. The molecule has 2 aromatic carbocycles. The molecule has 1 N–H and O–H groups in total. The number of hydrogen-bond acceptors (Lipinski definition) is 6. The van der Waals surface area contributed by atoms with Crippen LogP contribution in [0.4, 0.5) is 5.69 Å². The van der Waals surface area contributed by atoms with Gasteiger partial charge in [0.25, 0.3) is 11.5 Å². The monoisotopic (exact) mass is 461 g/mol. The van der Waals surface area contributed by atoms with E-state index in [4.69, 9.17) is 14.0 Å². The number of amides is 1. The van der Waals surface area contributed by atoms with Gasteiger partial charge in [-0.1, -0.05) is 32.0 Å². The lowest BCUT2D eigenvalue weighted by atomic mass is 10.0. The van der Waals surface area contributed by atoms with Gasteiger partial charge >= 0.3 is 0 Å². The molecule has 1 amide bonds. The van der Waals surface area contributed by atoms with Crippen molar-refractivity contribution in [2.45, 2.75) is 40.2 Å². The van der Waals surface area contributed by atoms with Gasteiger partial charge in [0.05, 0.1) is 5.69 Å². The molecule has 0 radical (unpaired) electrons. The third-order valence-electron chi connectivity index (χ3n) is 5.18. The largest absolute Gasteiger partial charge is 0.487 e. The predicted octanol–water partition coefficient (Wildman–Crippen LogP) is 4.62. The Bertz CT molecular complexity index is 1390. The van der Waals surface area contributed by atoms with Crippen molar-refractivity contribution in [2.24, 2.45) is 0 Å². The number of aryl methyl sites for hydroxylation is 2. The molecule has 0 bridgehead atoms. The zero-order valence-electron chi connectivity index (χ0n) is 19.6. The van der Waals surface area contributed by atoms with Crippen LogP contribution >= 0.6 is 0 Å². The first-order valence-electron chi connectivity index (χ1n) is 11.0. The van der Waals surface area contributed by atoms with E-state index in [9.17, 15) is 9.59 Å². The molecule has 0 saturated heterocycles. The van der Waals surface area contributed by atoms with Crippen molar-refractivity contribution in [3.63, 3.8) is 0 Å². The fourth-order valence-corrected chi connectivity index (χ4v) is 3.55. The van der Waals surface area contributed by atoms with E-state index in [2.05, 4.69) is 24.1 Å². The van der Waals surface area contributed by atoms with Gasteiger partial charge in [0.2, 0.25) is 0 Å². The Kier molecular flexibility index (Phi) is 6.67. The number of carbonyl (C=O) groups is 1. The van der Waals surface area contributed by atoms with E-state index in [1.807, 2.05) is 25.1 Å². The zero-order valence-corrected chi connectivity index (χ0v) is 19.6. The minimum atomic E-state index is -0.313. The topological polar surface area (TPSA) is 95.1 Å². The van der Waals surface area contributed by atoms with E-state index in [0.29, 0.717) is 28.5 Å². The molecule has 0 unspecified atom stereocenters. The van der Waals surface area contributed by atoms with Crippen molar-refractivity contribution in [1.82, 2.24) is 9.56 Å². The molecule has 4 rings (SSSR count). The van der Waals surface area contributed by atoms with Gasteiger partial charge < -0.3 is 19.3 Å². The molecule has 176 valence electrons. The summed E-state index contributed by atoms with van der Waals surface area (Å²) < 4.78 is 18.0. The summed E-state index contributed by atoms with van der Waals surface area (Å²) in [6.07, 6.45) is 0. The van der Waals surface area contributed by atoms with Gasteiger partial charge in [-0.05, 0) is 49.1 Å². The molecular weight excluding hydrogens is 434 g/mol. The second kappa shape index (κ2) is 9.82. The van der Waals surface area contributed by atoms with Gasteiger partial charge in [-0.3, -0.25) is 9.59 Å². The predicted molar refractivity (Wildman–Crippen MR) is 129 cm³/mol. The summed E-state index contributed by atoms with van der Waals surface area (Å²) in [6.45, 7) is 7.91. The SMILES string of the molecule is Cc1ccc(C(C)C)c(OCC(=O)Nc2cccc(OCc3cc(=O)n4oc(C)cc4n3)c2)c1. The summed E-state index contributed by atoms with van der Waals surface area (Å²) in [4.78, 5) is 29.0. The minimum absolute atomic E-state index is 0.0990. The third-order valence-corrected chi connectivity index (χ3v) is 5.18. The zero-order chi connectivity index (χ0) is 24.2. The maximum absolute atomic E-state index is 12.5. The van der Waals surface area contributed by atoms with E-state index in [0.717, 1.165) is 21.4 Å². The van der Waals surface area contributed by atoms with Crippen molar-refractivity contribution in [1.29, 1.82) is 0 Å². The van der Waals surface area contributed by atoms with Crippen LogP contribution < -0.4 is 20.3 Å². The molecular formula is C26H27N3O5. The van der Waals surface area contributed by atoms with Crippen molar-refractivity contribution < 1.29 is 18.8 Å². The number of benzene rings is 2. The average molecular weight is 462 g/mol. The van der Waals surface area contributed by atoms with Gasteiger partial charge in [0.15, 0.2) is 12.3 Å². The second-order valence-corrected chi connectivity index (χ2v) is 8.43. The number of nitrogens with one attached hydrogen (secondary N) is 1. The number of carbonyl (C=O) groups excluding carboxylic acids is 1. The van der Waals surface area contributed by atoms with Gasteiger partial charge in [-0.15, -0.1) is 4.57 Å². The Morgan fingerprint density at radius 3 is 2.71 bits per heavy atom. The van der Waals surface area contributed by atoms with Crippen LogP contribution in [0.3, 0.4) is 0 Å². The number of rotatable bonds is 8. The minimum Gasteiger partial charge on any atom is -0.487 e. The molecule has 0 aliphatic rings. The van der Waals surface area contributed by atoms with Crippen LogP contribution in [0.25, 0.3) is 5.65 Å². The Morgan fingerprint density at radius 1 is 1.09 bits per heavy atom. The fourth-order valence-electron chi connectivity index (χ4n) is 3.55. The van der Waals surface area contributed by atoms with Crippen molar-refractivity contribution in [3.8, 4) is 11.5 Å². The van der Waals surface area contributed by atoms with E-state index < -0.39 is 0 Å². The van der Waals surface area contributed by atoms with Gasteiger partial charge in [0.1, 0.15) is 23.9 Å². The highest BCUT2D eigenvalue weighted by molar-refractivity contribution is 5.92. The lowest BCUT2D eigenvalue weighted by Gasteiger charge is -2.15. The summed E-state index contributed by atoms with van der Waals surface area (Å²) in [7, 11) is 0. The van der Waals surface area contributed by atoms with Crippen molar-refractivity contribution in [2.75, 3.05) is 11.9 Å². The molecule has 34 heavy (non-hydrogen) atoms. The van der Waals surface area contributed by atoms with E-state index in [-0.39, 0.29) is 30.6 Å². The quantitative estimate of drug-likeness (QED) is 0.411. The van der Waals surface area contributed by atoms with Gasteiger partial charge in [-0.25, -0.2) is 4.98 Å². The van der Waals surface area contributed by atoms with Gasteiger partial charge in [0, 0.05) is 23.9 Å². The first-order valence-corrected chi connectivity index (χ1v) is 11.0. The van der Waals surface area contributed by atoms with Gasteiger partial charge in [-0.2, -0.15) is 0 Å². The number of aromatic nitrogens is 2. The van der Waals surface area contributed by atoms with Crippen LogP contribution in [0, 0.1) is 13.8 Å². The highest BCUT2D eigenvalue weighted by Crippen LogP contribution is 2.27. The summed E-state index contributed by atoms with van der Waals surface area (Å²) in [5, 5.41) is 2.82. The molecule has 4 aromatic rings. The van der Waals surface area contributed by atoms with Crippen LogP contribution in [-0.2, 0) is 11.4 Å². The number of nitrogens with zero attached hydrogens (tertiary/aromatic N) is 2. The van der Waals surface area contributed by atoms with E-state index in [1.54, 1.807) is 37.3 Å². The molecule has 8 nitrogen and oxygen atoms in total. The summed E-state index contributed by atoms with van der Waals surface area (Å²) in [5.74, 6) is 1.86. The van der Waals surface area contributed by atoms with E-state index >= 15 is 0 Å². The highest BCUT2D eigenvalue weighted by Gasteiger charge is 2.11. The molecule has 0 saturated carbocycles. The number of hydrogen-bond donors (Lipinski definition) is 1. The molecule has 0 aliphatic carbocycles. The van der Waals surface area contributed by atoms with Crippen molar-refractivity contribution in [3.05, 3.63) is 87.5 Å². The molecule has 0 fully saturated rings. The Morgan fingerprint density at radius 2 is 1.91 bits per heavy atom. The Labute approximate surface area is 197 Å². The number of anilines is 1. The molecule has 0 spiro atoms. The van der Waals surface area contributed by atoms with E-state index in [1.165, 1.54) is 6.07 Å². The lowest BCUT2D eigenvalue weighted by molar-refractivity contribution is -0.118. The molecule has 2 aromatic heterocycles.